The summed E-state index contributed by atoms with van der Waals surface area (Å²) in [5.41, 5.74) is 1.03. The van der Waals surface area contributed by atoms with Gasteiger partial charge < -0.3 is 14.5 Å². The van der Waals surface area contributed by atoms with Crippen molar-refractivity contribution in [1.29, 1.82) is 0 Å². The number of pyridine rings is 1. The van der Waals surface area contributed by atoms with Crippen molar-refractivity contribution in [3.05, 3.63) is 53.4 Å². The fraction of sp³-hybridized carbons (Fsp3) is 0.438. The Kier molecular flexibility index (Phi) is 6.89. The molecular formula is C32H33ClFN5O2. The molecule has 7 nitrogen and oxygen atoms in total. The molecule has 2 aromatic carbocycles. The lowest BCUT2D eigenvalue weighted by molar-refractivity contribution is -0.132. The van der Waals surface area contributed by atoms with Gasteiger partial charge in [-0.2, -0.15) is 9.97 Å². The third kappa shape index (κ3) is 4.86. The number of benzene rings is 2. The van der Waals surface area contributed by atoms with Gasteiger partial charge in [-0.05, 0) is 42.6 Å². The predicted molar refractivity (Wildman–Crippen MR) is 159 cm³/mol. The molecule has 3 fully saturated rings. The van der Waals surface area contributed by atoms with Gasteiger partial charge in [-0.15, -0.1) is 0 Å². The molecule has 0 spiro atoms. The zero-order chi connectivity index (χ0) is 28.1. The molecule has 4 heterocycles. The van der Waals surface area contributed by atoms with E-state index in [9.17, 15) is 4.79 Å². The number of hydrogen-bond acceptors (Lipinski definition) is 6. The van der Waals surface area contributed by atoms with E-state index in [0.29, 0.717) is 66.0 Å². The minimum absolute atomic E-state index is 0.139. The van der Waals surface area contributed by atoms with Crippen molar-refractivity contribution in [2.75, 3.05) is 31.1 Å². The largest absolute Gasteiger partial charge is 0.460 e. The highest BCUT2D eigenvalue weighted by Gasteiger charge is 2.35. The quantitative estimate of drug-likeness (QED) is 0.266. The number of halogens is 2. The molecule has 7 rings (SSSR count). The van der Waals surface area contributed by atoms with Gasteiger partial charge >= 0.3 is 6.01 Å². The molecule has 0 radical (unpaired) electrons. The molecule has 2 bridgehead atoms. The second-order valence-corrected chi connectivity index (χ2v) is 12.1. The zero-order valence-electron chi connectivity index (χ0n) is 23.2. The lowest BCUT2D eigenvalue weighted by Crippen LogP contribution is -2.41. The van der Waals surface area contributed by atoms with Crippen molar-refractivity contribution in [3.63, 3.8) is 0 Å². The first-order valence-corrected chi connectivity index (χ1v) is 15.1. The molecule has 2 atom stereocenters. The van der Waals surface area contributed by atoms with Crippen LogP contribution in [0.15, 0.2) is 42.6 Å². The van der Waals surface area contributed by atoms with E-state index >= 15 is 4.39 Å². The normalized spacial score (nSPS) is 21.1. The average molecular weight is 574 g/mol. The fourth-order valence-corrected chi connectivity index (χ4v) is 7.26. The van der Waals surface area contributed by atoms with Gasteiger partial charge in [-0.3, -0.25) is 9.78 Å². The summed E-state index contributed by atoms with van der Waals surface area (Å²) in [4.78, 5) is 30.5. The minimum Gasteiger partial charge on any atom is -0.460 e. The number of aromatic nitrogens is 3. The summed E-state index contributed by atoms with van der Waals surface area (Å²) in [6, 6.07) is 11.5. The Balaban J connectivity index is 1.31. The predicted octanol–water partition coefficient (Wildman–Crippen LogP) is 6.65. The summed E-state index contributed by atoms with van der Waals surface area (Å²) in [6.45, 7) is 4.94. The van der Waals surface area contributed by atoms with Gasteiger partial charge in [0, 0.05) is 67.6 Å². The maximum atomic E-state index is 16.6. The van der Waals surface area contributed by atoms with Gasteiger partial charge in [-0.1, -0.05) is 48.9 Å². The number of ether oxygens (including phenoxy) is 1. The van der Waals surface area contributed by atoms with Gasteiger partial charge in [-0.25, -0.2) is 4.39 Å². The van der Waals surface area contributed by atoms with Gasteiger partial charge in [0.05, 0.1) is 5.39 Å². The number of carbonyl (C=O) groups excluding carboxylic acids is 1. The summed E-state index contributed by atoms with van der Waals surface area (Å²) < 4.78 is 22.9. The van der Waals surface area contributed by atoms with Crippen LogP contribution in [0, 0.1) is 17.7 Å². The van der Waals surface area contributed by atoms with Crippen molar-refractivity contribution >= 4 is 45.0 Å². The smallest absolute Gasteiger partial charge is 0.319 e. The van der Waals surface area contributed by atoms with Crippen LogP contribution in [0.5, 0.6) is 6.01 Å². The molecule has 1 amide bonds. The number of fused-ring (bicyclic) bond motifs is 4. The molecular weight excluding hydrogens is 541 g/mol. The lowest BCUT2D eigenvalue weighted by atomic mass is 9.98. The highest BCUT2D eigenvalue weighted by molar-refractivity contribution is 6.36. The molecule has 212 valence electrons. The van der Waals surface area contributed by atoms with E-state index in [0.717, 1.165) is 23.9 Å². The number of amides is 1. The van der Waals surface area contributed by atoms with Crippen LogP contribution >= 0.6 is 11.6 Å². The van der Waals surface area contributed by atoms with Gasteiger partial charge in [0.2, 0.25) is 5.91 Å². The van der Waals surface area contributed by atoms with Gasteiger partial charge in [0.1, 0.15) is 23.1 Å². The van der Waals surface area contributed by atoms with Crippen LogP contribution in [0.2, 0.25) is 5.02 Å². The molecule has 2 aromatic heterocycles. The first-order chi connectivity index (χ1) is 20.0. The Morgan fingerprint density at radius 2 is 1.78 bits per heavy atom. The van der Waals surface area contributed by atoms with Crippen LogP contribution < -0.4 is 9.64 Å². The van der Waals surface area contributed by atoms with E-state index in [4.69, 9.17) is 21.3 Å². The summed E-state index contributed by atoms with van der Waals surface area (Å²) >= 11 is 6.59. The highest BCUT2D eigenvalue weighted by Crippen LogP contribution is 2.41. The Morgan fingerprint density at radius 1 is 1.05 bits per heavy atom. The first-order valence-electron chi connectivity index (χ1n) is 14.7. The van der Waals surface area contributed by atoms with Crippen LogP contribution in [-0.4, -0.2) is 58.0 Å². The number of hydrogen-bond donors (Lipinski definition) is 0. The van der Waals surface area contributed by atoms with Crippen LogP contribution in [0.4, 0.5) is 10.2 Å². The number of likely N-dealkylation sites (tertiary alicyclic amines) is 1. The maximum absolute atomic E-state index is 16.6. The minimum atomic E-state index is -0.508. The second kappa shape index (κ2) is 10.7. The molecule has 4 aromatic rings. The van der Waals surface area contributed by atoms with Crippen molar-refractivity contribution < 1.29 is 13.9 Å². The maximum Gasteiger partial charge on any atom is 0.319 e. The molecule has 2 saturated heterocycles. The summed E-state index contributed by atoms with van der Waals surface area (Å²) in [5, 5.41) is 2.81. The van der Waals surface area contributed by atoms with E-state index in [-0.39, 0.29) is 29.2 Å². The van der Waals surface area contributed by atoms with Crippen molar-refractivity contribution in [1.82, 2.24) is 19.9 Å². The Hall–Kier alpha value is -3.52. The van der Waals surface area contributed by atoms with E-state index in [1.54, 1.807) is 6.20 Å². The van der Waals surface area contributed by atoms with E-state index in [2.05, 4.69) is 14.9 Å². The lowest BCUT2D eigenvalue weighted by Gasteiger charge is -2.34. The third-order valence-electron chi connectivity index (χ3n) is 9.03. The molecule has 1 saturated carbocycles. The molecule has 2 aliphatic heterocycles. The van der Waals surface area contributed by atoms with Crippen molar-refractivity contribution in [3.8, 4) is 17.3 Å². The first kappa shape index (κ1) is 26.4. The van der Waals surface area contributed by atoms with Crippen LogP contribution in [0.3, 0.4) is 0 Å². The van der Waals surface area contributed by atoms with E-state index < -0.39 is 5.82 Å². The van der Waals surface area contributed by atoms with Crippen molar-refractivity contribution in [2.45, 2.75) is 51.6 Å². The van der Waals surface area contributed by atoms with Gasteiger partial charge in [0.15, 0.2) is 5.82 Å². The monoisotopic (exact) mass is 573 g/mol. The van der Waals surface area contributed by atoms with Gasteiger partial charge in [0.25, 0.3) is 0 Å². The molecule has 3 aliphatic rings. The second-order valence-electron chi connectivity index (χ2n) is 11.7. The number of anilines is 1. The molecule has 41 heavy (non-hydrogen) atoms. The van der Waals surface area contributed by atoms with Crippen molar-refractivity contribution in [2.24, 2.45) is 11.8 Å². The summed E-state index contributed by atoms with van der Waals surface area (Å²) in [5.74, 6) is 1.58. The van der Waals surface area contributed by atoms with Crippen LogP contribution in [0.25, 0.3) is 32.9 Å². The molecule has 9 heteroatoms. The van der Waals surface area contributed by atoms with Crippen LogP contribution in [0.1, 0.15) is 45.4 Å². The Morgan fingerprint density at radius 3 is 2.51 bits per heavy atom. The summed E-state index contributed by atoms with van der Waals surface area (Å²) in [6.07, 6.45) is 7.13. The zero-order valence-corrected chi connectivity index (χ0v) is 23.9. The number of piperidine rings is 2. The topological polar surface area (TPSA) is 71.5 Å². The Bertz CT molecular complexity index is 1620. The Labute approximate surface area is 243 Å². The fourth-order valence-electron chi connectivity index (χ4n) is 6.97. The third-order valence-corrected chi connectivity index (χ3v) is 9.34. The van der Waals surface area contributed by atoms with Crippen LogP contribution in [-0.2, 0) is 4.79 Å². The number of rotatable bonds is 5. The summed E-state index contributed by atoms with van der Waals surface area (Å²) in [7, 11) is 0. The number of nitrogens with zero attached hydrogens (tertiary/aromatic N) is 5. The highest BCUT2D eigenvalue weighted by atomic mass is 35.5. The molecule has 1 aliphatic carbocycles. The average Bonchev–Trinajstić information content (AvgIpc) is 3.34. The molecule has 2 unspecified atom stereocenters. The number of carbonyl (C=O) groups is 1. The van der Waals surface area contributed by atoms with E-state index in [1.807, 2.05) is 48.2 Å². The SMILES string of the molecule is CCC(=O)N1CCC(Oc2nc(N3CC4CCC(C4)C3)c3cnc(-c4cccc5cccc(Cl)c45)c(F)c3n2)CC1. The molecule has 0 N–H and O–H groups in total. The van der Waals surface area contributed by atoms with E-state index in [1.165, 1.54) is 19.3 Å². The standard InChI is InChI=1S/C32H33ClFN5O2/c1-2-26(40)38-13-11-22(12-14-38)41-32-36-30-24(31(37-32)39-17-19-9-10-20(15-19)18-39)16-35-29(28(30)34)23-7-3-5-21-6-4-8-25(33)27(21)23/h3-8,16,19-20,22H,2,9-15,17-18H2,1H3.